The van der Waals surface area contributed by atoms with Crippen LogP contribution in [0.3, 0.4) is 0 Å². The van der Waals surface area contributed by atoms with Crippen molar-refractivity contribution in [3.05, 3.63) is 18.1 Å². The van der Waals surface area contributed by atoms with Crippen LogP contribution in [-0.4, -0.2) is 39.3 Å². The van der Waals surface area contributed by atoms with Crippen LogP contribution in [0.1, 0.15) is 16.9 Å². The molecule has 2 atom stereocenters. The molecule has 0 radical (unpaired) electrons. The summed E-state index contributed by atoms with van der Waals surface area (Å²) in [6, 6.07) is 0. The van der Waals surface area contributed by atoms with Gasteiger partial charge in [0.15, 0.2) is 11.5 Å². The van der Waals surface area contributed by atoms with E-state index in [2.05, 4.69) is 15.3 Å². The van der Waals surface area contributed by atoms with Gasteiger partial charge in [0.05, 0.1) is 0 Å². The van der Waals surface area contributed by atoms with E-state index < -0.39 is 5.97 Å². The number of hydrogen-bond donors (Lipinski definition) is 3. The summed E-state index contributed by atoms with van der Waals surface area (Å²) in [4.78, 5) is 18.5. The van der Waals surface area contributed by atoms with E-state index in [4.69, 9.17) is 10.2 Å². The Morgan fingerprint density at radius 1 is 1.44 bits per heavy atom. The molecule has 1 aliphatic rings. The first-order valence-corrected chi connectivity index (χ1v) is 5.11. The average molecular weight is 223 g/mol. The van der Waals surface area contributed by atoms with Gasteiger partial charge in [0.1, 0.15) is 0 Å². The van der Waals surface area contributed by atoms with Crippen molar-refractivity contribution < 1.29 is 15.0 Å². The highest BCUT2D eigenvalue weighted by molar-refractivity contribution is 5.90. The summed E-state index contributed by atoms with van der Waals surface area (Å²) in [5.41, 5.74) is -0.0660. The number of carboxylic acid groups (broad SMARTS) is 1. The number of carboxylic acids is 1. The van der Waals surface area contributed by atoms with Crippen LogP contribution in [0.15, 0.2) is 12.4 Å². The molecule has 0 bridgehead atoms. The van der Waals surface area contributed by atoms with Gasteiger partial charge in [-0.05, 0) is 18.3 Å². The van der Waals surface area contributed by atoms with Gasteiger partial charge in [0, 0.05) is 25.5 Å². The summed E-state index contributed by atoms with van der Waals surface area (Å²) >= 11 is 0. The van der Waals surface area contributed by atoms with E-state index >= 15 is 0 Å². The highest BCUT2D eigenvalue weighted by Crippen LogP contribution is 2.37. The second-order valence-electron chi connectivity index (χ2n) is 3.88. The quantitative estimate of drug-likeness (QED) is 0.660. The van der Waals surface area contributed by atoms with Crippen LogP contribution in [0.5, 0.6) is 0 Å². The molecule has 1 fully saturated rings. The Balaban J connectivity index is 1.96. The minimum absolute atomic E-state index is 0.0660. The molecule has 1 saturated carbocycles. The van der Waals surface area contributed by atoms with Crippen molar-refractivity contribution >= 4 is 11.8 Å². The number of rotatable bonds is 5. The smallest absolute Gasteiger partial charge is 0.358 e. The average Bonchev–Trinajstić information content (AvgIpc) is 3.05. The molecule has 0 amide bonds. The number of nitrogens with one attached hydrogen (secondary N) is 1. The number of aliphatic hydroxyl groups excluding tert-OH is 1. The summed E-state index contributed by atoms with van der Waals surface area (Å²) < 4.78 is 0. The number of nitrogens with zero attached hydrogens (tertiary/aromatic N) is 2. The van der Waals surface area contributed by atoms with Gasteiger partial charge in [-0.15, -0.1) is 0 Å². The Morgan fingerprint density at radius 2 is 2.19 bits per heavy atom. The predicted molar refractivity (Wildman–Crippen MR) is 56.2 cm³/mol. The lowest BCUT2D eigenvalue weighted by molar-refractivity contribution is 0.0691. The molecule has 0 aromatic carbocycles. The van der Waals surface area contributed by atoms with E-state index in [0.717, 1.165) is 6.42 Å². The molecule has 0 saturated heterocycles. The minimum Gasteiger partial charge on any atom is -0.476 e. The molecular formula is C10H13N3O3. The molecule has 6 heteroatoms. The van der Waals surface area contributed by atoms with Gasteiger partial charge in [-0.1, -0.05) is 0 Å². The van der Waals surface area contributed by atoms with Crippen molar-refractivity contribution in [2.45, 2.75) is 6.42 Å². The third-order valence-electron chi connectivity index (χ3n) is 2.74. The molecule has 6 nitrogen and oxygen atoms in total. The van der Waals surface area contributed by atoms with E-state index in [9.17, 15) is 4.79 Å². The third kappa shape index (κ3) is 2.27. The SMILES string of the molecule is O=C(O)c1nccnc1NC[C@@H]1C[C@H]1CO. The van der Waals surface area contributed by atoms with Gasteiger partial charge in [-0.2, -0.15) is 0 Å². The largest absolute Gasteiger partial charge is 0.476 e. The zero-order chi connectivity index (χ0) is 11.5. The predicted octanol–water partition coefficient (Wildman–Crippen LogP) is 0.215. The number of aliphatic hydroxyl groups is 1. The number of aromatic nitrogens is 2. The number of hydrogen-bond acceptors (Lipinski definition) is 5. The van der Waals surface area contributed by atoms with Crippen LogP contribution < -0.4 is 5.32 Å². The Hall–Kier alpha value is -1.69. The fourth-order valence-electron chi connectivity index (χ4n) is 1.64. The summed E-state index contributed by atoms with van der Waals surface area (Å²) in [6.07, 6.45) is 3.78. The first-order chi connectivity index (χ1) is 7.72. The van der Waals surface area contributed by atoms with Crippen molar-refractivity contribution in [1.29, 1.82) is 0 Å². The monoisotopic (exact) mass is 223 g/mol. The van der Waals surface area contributed by atoms with Gasteiger partial charge in [-0.25, -0.2) is 14.8 Å². The zero-order valence-corrected chi connectivity index (χ0v) is 8.63. The van der Waals surface area contributed by atoms with E-state index in [1.54, 1.807) is 0 Å². The molecule has 86 valence electrons. The number of carbonyl (C=O) groups is 1. The molecule has 1 aromatic heterocycles. The molecule has 0 aliphatic heterocycles. The first kappa shape index (κ1) is 10.8. The molecule has 1 aliphatic carbocycles. The fraction of sp³-hybridized carbons (Fsp3) is 0.500. The zero-order valence-electron chi connectivity index (χ0n) is 8.63. The molecule has 16 heavy (non-hydrogen) atoms. The maximum atomic E-state index is 10.8. The number of aromatic carboxylic acids is 1. The fourth-order valence-corrected chi connectivity index (χ4v) is 1.64. The third-order valence-corrected chi connectivity index (χ3v) is 2.74. The van der Waals surface area contributed by atoms with E-state index in [1.807, 2.05) is 0 Å². The lowest BCUT2D eigenvalue weighted by Gasteiger charge is -2.06. The normalized spacial score (nSPS) is 22.8. The lowest BCUT2D eigenvalue weighted by atomic mass is 10.3. The van der Waals surface area contributed by atoms with Crippen molar-refractivity contribution in [3.63, 3.8) is 0 Å². The highest BCUT2D eigenvalue weighted by atomic mass is 16.4. The highest BCUT2D eigenvalue weighted by Gasteiger charge is 2.36. The van der Waals surface area contributed by atoms with Crippen molar-refractivity contribution in [1.82, 2.24) is 9.97 Å². The number of anilines is 1. The van der Waals surface area contributed by atoms with Crippen molar-refractivity contribution in [2.24, 2.45) is 11.8 Å². The standard InChI is InChI=1S/C10H13N3O3/c14-5-7-3-6(7)4-13-9-8(10(15)16)11-1-2-12-9/h1-2,6-7,14H,3-5H2,(H,12,13)(H,15,16)/t6-,7-/m0/s1. The van der Waals surface area contributed by atoms with Crippen LogP contribution in [0, 0.1) is 11.8 Å². The van der Waals surface area contributed by atoms with Crippen LogP contribution in [-0.2, 0) is 0 Å². The van der Waals surface area contributed by atoms with Crippen LogP contribution >= 0.6 is 0 Å². The summed E-state index contributed by atoms with van der Waals surface area (Å²) in [5, 5.41) is 20.7. The molecule has 0 unspecified atom stereocenters. The van der Waals surface area contributed by atoms with Crippen LogP contribution in [0.2, 0.25) is 0 Å². The maximum Gasteiger partial charge on any atom is 0.358 e. The molecule has 0 spiro atoms. The molecule has 3 N–H and O–H groups in total. The second-order valence-corrected chi connectivity index (χ2v) is 3.88. The Labute approximate surface area is 92.4 Å². The second kappa shape index (κ2) is 4.44. The van der Waals surface area contributed by atoms with Gasteiger partial charge in [0.2, 0.25) is 0 Å². The Kier molecular flexibility index (Phi) is 3.00. The van der Waals surface area contributed by atoms with Crippen LogP contribution in [0.25, 0.3) is 0 Å². The molecule has 1 aromatic rings. The van der Waals surface area contributed by atoms with Gasteiger partial charge in [0.25, 0.3) is 0 Å². The van der Waals surface area contributed by atoms with E-state index in [-0.39, 0.29) is 12.3 Å². The summed E-state index contributed by atoms with van der Waals surface area (Å²) in [6.45, 7) is 0.822. The molecular weight excluding hydrogens is 210 g/mol. The van der Waals surface area contributed by atoms with Gasteiger partial charge < -0.3 is 15.5 Å². The first-order valence-electron chi connectivity index (χ1n) is 5.11. The van der Waals surface area contributed by atoms with E-state index in [0.29, 0.717) is 24.2 Å². The Morgan fingerprint density at radius 3 is 2.81 bits per heavy atom. The summed E-state index contributed by atoms with van der Waals surface area (Å²) in [7, 11) is 0. The van der Waals surface area contributed by atoms with Crippen molar-refractivity contribution in [3.8, 4) is 0 Å². The van der Waals surface area contributed by atoms with Gasteiger partial charge >= 0.3 is 5.97 Å². The van der Waals surface area contributed by atoms with Gasteiger partial charge in [-0.3, -0.25) is 0 Å². The van der Waals surface area contributed by atoms with Crippen LogP contribution in [0.4, 0.5) is 5.82 Å². The summed E-state index contributed by atoms with van der Waals surface area (Å²) in [5.74, 6) is -0.0465. The lowest BCUT2D eigenvalue weighted by Crippen LogP contribution is -2.13. The maximum absolute atomic E-state index is 10.8. The topological polar surface area (TPSA) is 95.3 Å². The minimum atomic E-state index is -1.09. The molecule has 1 heterocycles. The van der Waals surface area contributed by atoms with Crippen molar-refractivity contribution in [2.75, 3.05) is 18.5 Å². The molecule has 2 rings (SSSR count). The van der Waals surface area contributed by atoms with E-state index in [1.165, 1.54) is 12.4 Å². The Bertz CT molecular complexity index is 397.